The van der Waals surface area contributed by atoms with Crippen LogP contribution in [0.5, 0.6) is 0 Å². The molecule has 9 heteroatoms. The fourth-order valence-electron chi connectivity index (χ4n) is 5.78. The summed E-state index contributed by atoms with van der Waals surface area (Å²) < 4.78 is 46.5. The van der Waals surface area contributed by atoms with Gasteiger partial charge in [-0.3, -0.25) is 9.59 Å². The number of carbonyl (C=O) groups excluding carboxylic acids is 1. The Morgan fingerprint density at radius 1 is 1.21 bits per heavy atom. The highest BCUT2D eigenvalue weighted by Gasteiger charge is 2.43. The molecule has 1 aromatic rings. The van der Waals surface area contributed by atoms with Gasteiger partial charge in [0, 0.05) is 49.5 Å². The lowest BCUT2D eigenvalue weighted by Gasteiger charge is -2.34. The van der Waals surface area contributed by atoms with E-state index in [0.717, 1.165) is 38.5 Å². The normalized spacial score (nSPS) is 30.5. The quantitative estimate of drug-likeness (QED) is 0.735. The van der Waals surface area contributed by atoms with Crippen molar-refractivity contribution in [1.82, 2.24) is 14.8 Å². The van der Waals surface area contributed by atoms with Crippen LogP contribution in [0.1, 0.15) is 51.3 Å². The third kappa shape index (κ3) is 5.14. The van der Waals surface area contributed by atoms with Crippen LogP contribution in [0.3, 0.4) is 0 Å². The number of nitrogens with one attached hydrogen (secondary N) is 1. The van der Waals surface area contributed by atoms with Gasteiger partial charge in [-0.2, -0.15) is 13.2 Å². The molecule has 1 aliphatic carbocycles. The Bertz CT molecular complexity index is 930. The van der Waals surface area contributed by atoms with Gasteiger partial charge in [-0.15, -0.1) is 0 Å². The zero-order valence-corrected chi connectivity index (χ0v) is 19.5. The van der Waals surface area contributed by atoms with Crippen molar-refractivity contribution in [2.24, 2.45) is 23.7 Å². The van der Waals surface area contributed by atoms with Crippen LogP contribution in [0, 0.1) is 23.7 Å². The van der Waals surface area contributed by atoms with Gasteiger partial charge in [0.25, 0.3) is 5.56 Å². The molecule has 3 aliphatic rings. The maximum Gasteiger partial charge on any atom is 0.416 e. The smallest absolute Gasteiger partial charge is 0.381 e. The molecular weight excluding hydrogens is 435 g/mol. The van der Waals surface area contributed by atoms with Crippen LogP contribution in [-0.4, -0.2) is 47.2 Å². The number of fused-ring (bicyclic) bond motifs is 1. The minimum Gasteiger partial charge on any atom is -0.381 e. The van der Waals surface area contributed by atoms with Gasteiger partial charge in [-0.1, -0.05) is 20.8 Å². The molecule has 4 rings (SSSR count). The zero-order valence-electron chi connectivity index (χ0n) is 19.5. The summed E-state index contributed by atoms with van der Waals surface area (Å²) in [5.41, 5.74) is -1.37. The van der Waals surface area contributed by atoms with E-state index in [2.05, 4.69) is 26.1 Å². The number of aromatic nitrogens is 1. The van der Waals surface area contributed by atoms with Gasteiger partial charge in [0.1, 0.15) is 0 Å². The minimum atomic E-state index is -4.59. The highest BCUT2D eigenvalue weighted by atomic mass is 19.4. The highest BCUT2D eigenvalue weighted by Crippen LogP contribution is 2.39. The third-order valence-corrected chi connectivity index (χ3v) is 7.68. The standard InChI is InChI=1S/C24H34F3N3O3/c1-14(2)19-10-17(28-21-4-7-33-13-15(21)3)11-20(19)23(32)29-5-6-30-18(12-29)8-16(9-22(30)31)24(25,26)27/h8-9,14-15,17,19-21,28H,4-7,10-13H2,1-3H3. The van der Waals surface area contributed by atoms with E-state index in [1.807, 2.05) is 0 Å². The number of carbonyl (C=O) groups is 1. The molecule has 1 saturated heterocycles. The Morgan fingerprint density at radius 2 is 1.97 bits per heavy atom. The lowest BCUT2D eigenvalue weighted by atomic mass is 9.85. The zero-order chi connectivity index (χ0) is 23.9. The second-order valence-corrected chi connectivity index (χ2v) is 10.3. The lowest BCUT2D eigenvalue weighted by Crippen LogP contribution is -2.46. The van der Waals surface area contributed by atoms with Crippen LogP contribution in [-0.2, 0) is 28.8 Å². The summed E-state index contributed by atoms with van der Waals surface area (Å²) in [5, 5.41) is 3.77. The van der Waals surface area contributed by atoms with Gasteiger partial charge in [0.05, 0.1) is 18.7 Å². The molecule has 3 heterocycles. The van der Waals surface area contributed by atoms with Crippen molar-refractivity contribution in [1.29, 1.82) is 0 Å². The number of rotatable bonds is 4. The van der Waals surface area contributed by atoms with E-state index < -0.39 is 17.3 Å². The predicted octanol–water partition coefficient (Wildman–Crippen LogP) is 3.27. The second kappa shape index (κ2) is 9.41. The molecular formula is C24H34F3N3O3. The minimum absolute atomic E-state index is 0.00543. The van der Waals surface area contributed by atoms with Gasteiger partial charge in [0.2, 0.25) is 5.91 Å². The molecule has 0 spiro atoms. The van der Waals surface area contributed by atoms with Crippen molar-refractivity contribution in [3.63, 3.8) is 0 Å². The Kier molecular flexibility index (Phi) is 6.92. The van der Waals surface area contributed by atoms with E-state index in [-0.39, 0.29) is 42.6 Å². The molecule has 1 saturated carbocycles. The van der Waals surface area contributed by atoms with Gasteiger partial charge in [-0.25, -0.2) is 0 Å². The van der Waals surface area contributed by atoms with Gasteiger partial charge < -0.3 is 19.5 Å². The Hall–Kier alpha value is -1.87. The molecule has 5 atom stereocenters. The average Bonchev–Trinajstić information content (AvgIpc) is 3.18. The van der Waals surface area contributed by atoms with Crippen molar-refractivity contribution in [3.8, 4) is 0 Å². The summed E-state index contributed by atoms with van der Waals surface area (Å²) in [7, 11) is 0. The molecule has 2 fully saturated rings. The second-order valence-electron chi connectivity index (χ2n) is 10.3. The predicted molar refractivity (Wildman–Crippen MR) is 117 cm³/mol. The van der Waals surface area contributed by atoms with Crippen molar-refractivity contribution in [3.05, 3.63) is 33.7 Å². The summed E-state index contributed by atoms with van der Waals surface area (Å²) in [5.74, 6) is 0.798. The van der Waals surface area contributed by atoms with Crippen LogP contribution in [0.2, 0.25) is 0 Å². The van der Waals surface area contributed by atoms with Gasteiger partial charge in [-0.05, 0) is 43.1 Å². The number of halogens is 3. The molecule has 1 aromatic heterocycles. The maximum absolute atomic E-state index is 13.6. The first-order valence-electron chi connectivity index (χ1n) is 12.0. The maximum atomic E-state index is 13.6. The molecule has 1 N–H and O–H groups in total. The number of hydrogen-bond acceptors (Lipinski definition) is 4. The summed E-state index contributed by atoms with van der Waals surface area (Å²) in [6, 6.07) is 2.26. The molecule has 0 bridgehead atoms. The summed E-state index contributed by atoms with van der Waals surface area (Å²) in [6.45, 7) is 8.52. The van der Waals surface area contributed by atoms with Crippen LogP contribution < -0.4 is 10.9 Å². The Morgan fingerprint density at radius 3 is 2.64 bits per heavy atom. The SMILES string of the molecule is CC(C)C1CC(NC2CCOCC2C)CC1C(=O)N1CCn2c(cc(C(F)(F)F)cc2=O)C1. The number of hydrogen-bond donors (Lipinski definition) is 1. The van der Waals surface area contributed by atoms with Crippen molar-refractivity contribution < 1.29 is 22.7 Å². The van der Waals surface area contributed by atoms with E-state index in [4.69, 9.17) is 4.74 Å². The molecule has 2 aliphatic heterocycles. The number of ether oxygens (including phenoxy) is 1. The van der Waals surface area contributed by atoms with Crippen molar-refractivity contribution >= 4 is 5.91 Å². The van der Waals surface area contributed by atoms with Crippen LogP contribution in [0.4, 0.5) is 13.2 Å². The van der Waals surface area contributed by atoms with Crippen LogP contribution in [0.15, 0.2) is 16.9 Å². The molecule has 1 amide bonds. The van der Waals surface area contributed by atoms with E-state index in [0.29, 0.717) is 30.5 Å². The average molecular weight is 470 g/mol. The van der Waals surface area contributed by atoms with Crippen LogP contribution >= 0.6 is 0 Å². The van der Waals surface area contributed by atoms with E-state index >= 15 is 0 Å². The highest BCUT2D eigenvalue weighted by molar-refractivity contribution is 5.79. The summed E-state index contributed by atoms with van der Waals surface area (Å²) >= 11 is 0. The van der Waals surface area contributed by atoms with Crippen LogP contribution in [0.25, 0.3) is 0 Å². The van der Waals surface area contributed by atoms with E-state index in [9.17, 15) is 22.8 Å². The first-order chi connectivity index (χ1) is 15.5. The Labute approximate surface area is 192 Å². The fourth-order valence-corrected chi connectivity index (χ4v) is 5.78. The molecule has 184 valence electrons. The molecule has 0 aromatic carbocycles. The first kappa shape index (κ1) is 24.3. The number of pyridine rings is 1. The Balaban J connectivity index is 1.49. The van der Waals surface area contributed by atoms with E-state index in [1.54, 1.807) is 4.90 Å². The largest absolute Gasteiger partial charge is 0.416 e. The molecule has 6 nitrogen and oxygen atoms in total. The fraction of sp³-hybridized carbons (Fsp3) is 0.750. The lowest BCUT2D eigenvalue weighted by molar-refractivity contribution is -0.139. The topological polar surface area (TPSA) is 63.6 Å². The van der Waals surface area contributed by atoms with Crippen molar-refractivity contribution in [2.75, 3.05) is 19.8 Å². The third-order valence-electron chi connectivity index (χ3n) is 7.68. The monoisotopic (exact) mass is 469 g/mol. The number of nitrogens with zero attached hydrogens (tertiary/aromatic N) is 2. The summed E-state index contributed by atoms with van der Waals surface area (Å²) in [4.78, 5) is 27.4. The van der Waals surface area contributed by atoms with Gasteiger partial charge in [0.15, 0.2) is 0 Å². The molecule has 5 unspecified atom stereocenters. The van der Waals surface area contributed by atoms with Crippen molar-refractivity contribution in [2.45, 2.75) is 71.4 Å². The number of amides is 1. The number of alkyl halides is 3. The molecule has 0 radical (unpaired) electrons. The summed E-state index contributed by atoms with van der Waals surface area (Å²) in [6.07, 6.45) is -1.98. The molecule has 33 heavy (non-hydrogen) atoms. The van der Waals surface area contributed by atoms with Gasteiger partial charge >= 0.3 is 6.18 Å². The first-order valence-corrected chi connectivity index (χ1v) is 12.0. The van der Waals surface area contributed by atoms with E-state index in [1.165, 1.54) is 4.57 Å².